The van der Waals surface area contributed by atoms with Gasteiger partial charge < -0.3 is 10.6 Å². The molecule has 0 aliphatic carbocycles. The quantitative estimate of drug-likeness (QED) is 0.888. The maximum Gasteiger partial charge on any atom is 0.274 e. The van der Waals surface area contributed by atoms with Crippen LogP contribution in [-0.2, 0) is 0 Å². The summed E-state index contributed by atoms with van der Waals surface area (Å²) in [5, 5.41) is 6.23. The highest BCUT2D eigenvalue weighted by Crippen LogP contribution is 2.20. The van der Waals surface area contributed by atoms with E-state index in [1.807, 2.05) is 27.7 Å². The van der Waals surface area contributed by atoms with Crippen molar-refractivity contribution in [2.75, 3.05) is 5.32 Å². The van der Waals surface area contributed by atoms with Gasteiger partial charge in [0.15, 0.2) is 0 Å². The zero-order valence-corrected chi connectivity index (χ0v) is 14.9. The van der Waals surface area contributed by atoms with Gasteiger partial charge in [0.05, 0.1) is 0 Å². The number of halogens is 1. The predicted molar refractivity (Wildman–Crippen MR) is 95.6 cm³/mol. The molecule has 0 radical (unpaired) electrons. The summed E-state index contributed by atoms with van der Waals surface area (Å²) in [5.41, 5.74) is 1.69. The lowest BCUT2D eigenvalue weighted by molar-refractivity contribution is 0.0919. The van der Waals surface area contributed by atoms with Crippen molar-refractivity contribution in [2.24, 2.45) is 0 Å². The number of carbonyl (C=O) groups excluding carboxylic acids is 2. The molecule has 1 aromatic carbocycles. The summed E-state index contributed by atoms with van der Waals surface area (Å²) in [6.45, 7) is 7.52. The second-order valence-electron chi connectivity index (χ2n) is 6.55. The van der Waals surface area contributed by atoms with E-state index in [-0.39, 0.29) is 23.0 Å². The van der Waals surface area contributed by atoms with Crippen molar-refractivity contribution in [1.82, 2.24) is 10.3 Å². The first-order valence-corrected chi connectivity index (χ1v) is 7.89. The predicted octanol–water partition coefficient (Wildman–Crippen LogP) is 3.82. The molecule has 0 spiro atoms. The lowest BCUT2D eigenvalue weighted by Gasteiger charge is -2.20. The Kier molecular flexibility index (Phi) is 5.24. The number of benzene rings is 1. The molecule has 1 heterocycles. The van der Waals surface area contributed by atoms with E-state index in [2.05, 4.69) is 15.6 Å². The molecule has 6 heteroatoms. The summed E-state index contributed by atoms with van der Waals surface area (Å²) >= 11 is 5.91. The van der Waals surface area contributed by atoms with E-state index in [1.165, 1.54) is 12.3 Å². The Hall–Kier alpha value is -2.40. The maximum atomic E-state index is 12.4. The molecule has 0 aliphatic heterocycles. The van der Waals surface area contributed by atoms with Gasteiger partial charge in [-0.2, -0.15) is 0 Å². The summed E-state index contributed by atoms with van der Waals surface area (Å²) < 4.78 is 0. The number of nitrogens with one attached hydrogen (secondary N) is 2. The highest BCUT2D eigenvalue weighted by Gasteiger charge is 2.17. The molecule has 0 saturated heterocycles. The van der Waals surface area contributed by atoms with Gasteiger partial charge in [0.2, 0.25) is 0 Å². The molecule has 126 valence electrons. The first-order valence-electron chi connectivity index (χ1n) is 7.52. The molecule has 24 heavy (non-hydrogen) atoms. The van der Waals surface area contributed by atoms with Crippen LogP contribution in [0, 0.1) is 6.92 Å². The molecule has 2 rings (SSSR count). The SMILES string of the molecule is Cc1cc(Cl)ccc1NC(=O)c1cc(C(=O)NC(C)(C)C)ccn1. The zero-order chi connectivity index (χ0) is 17.9. The highest BCUT2D eigenvalue weighted by atomic mass is 35.5. The summed E-state index contributed by atoms with van der Waals surface area (Å²) in [5.74, 6) is -0.632. The van der Waals surface area contributed by atoms with Gasteiger partial charge >= 0.3 is 0 Å². The molecular weight excluding hydrogens is 326 g/mol. The smallest absolute Gasteiger partial charge is 0.274 e. The van der Waals surface area contributed by atoms with Gasteiger partial charge in [0.1, 0.15) is 5.69 Å². The van der Waals surface area contributed by atoms with Crippen molar-refractivity contribution < 1.29 is 9.59 Å². The summed E-state index contributed by atoms with van der Waals surface area (Å²) in [6, 6.07) is 8.24. The van der Waals surface area contributed by atoms with Gasteiger partial charge in [-0.3, -0.25) is 14.6 Å². The second kappa shape index (κ2) is 7.01. The van der Waals surface area contributed by atoms with Crippen molar-refractivity contribution in [3.63, 3.8) is 0 Å². The van der Waals surface area contributed by atoms with Gasteiger partial charge in [-0.05, 0) is 63.6 Å². The third-order valence-corrected chi connectivity index (χ3v) is 3.42. The van der Waals surface area contributed by atoms with E-state index >= 15 is 0 Å². The number of rotatable bonds is 3. The lowest BCUT2D eigenvalue weighted by atomic mass is 10.1. The first kappa shape index (κ1) is 17.9. The van der Waals surface area contributed by atoms with Gasteiger partial charge in [-0.1, -0.05) is 11.6 Å². The van der Waals surface area contributed by atoms with Crippen LogP contribution in [0.1, 0.15) is 47.2 Å². The first-order chi connectivity index (χ1) is 11.2. The lowest BCUT2D eigenvalue weighted by Crippen LogP contribution is -2.40. The van der Waals surface area contributed by atoms with E-state index in [9.17, 15) is 9.59 Å². The molecule has 0 bridgehead atoms. The molecule has 0 unspecified atom stereocenters. The largest absolute Gasteiger partial charge is 0.347 e. The minimum absolute atomic E-state index is 0.172. The van der Waals surface area contributed by atoms with E-state index in [0.29, 0.717) is 16.3 Å². The Labute approximate surface area is 146 Å². The van der Waals surface area contributed by atoms with Crippen molar-refractivity contribution in [3.8, 4) is 0 Å². The zero-order valence-electron chi connectivity index (χ0n) is 14.1. The molecule has 5 nitrogen and oxygen atoms in total. The minimum Gasteiger partial charge on any atom is -0.347 e. The van der Waals surface area contributed by atoms with E-state index in [0.717, 1.165) is 5.56 Å². The van der Waals surface area contributed by atoms with Gasteiger partial charge in [0, 0.05) is 28.0 Å². The van der Waals surface area contributed by atoms with Crippen LogP contribution < -0.4 is 10.6 Å². The number of pyridine rings is 1. The van der Waals surface area contributed by atoms with Crippen LogP contribution in [0.3, 0.4) is 0 Å². The van der Waals surface area contributed by atoms with Crippen molar-refractivity contribution >= 4 is 29.1 Å². The van der Waals surface area contributed by atoms with Gasteiger partial charge in [-0.15, -0.1) is 0 Å². The highest BCUT2D eigenvalue weighted by molar-refractivity contribution is 6.30. The topological polar surface area (TPSA) is 71.1 Å². The van der Waals surface area contributed by atoms with Crippen molar-refractivity contribution in [2.45, 2.75) is 33.2 Å². The summed E-state index contributed by atoms with van der Waals surface area (Å²) in [6.07, 6.45) is 1.45. The molecule has 2 aromatic rings. The molecule has 0 saturated carbocycles. The second-order valence-corrected chi connectivity index (χ2v) is 6.98. The number of carbonyl (C=O) groups is 2. The molecule has 0 aliphatic rings. The molecule has 2 N–H and O–H groups in total. The molecule has 0 atom stereocenters. The van der Waals surface area contributed by atoms with Crippen molar-refractivity contribution in [3.05, 3.63) is 58.4 Å². The molecule has 2 amide bonds. The van der Waals surface area contributed by atoms with Crippen LogP contribution in [0.4, 0.5) is 5.69 Å². The number of hydrogen-bond acceptors (Lipinski definition) is 3. The number of hydrogen-bond donors (Lipinski definition) is 2. The van der Waals surface area contributed by atoms with Crippen LogP contribution in [0.25, 0.3) is 0 Å². The number of aromatic nitrogens is 1. The Morgan fingerprint density at radius 1 is 1.08 bits per heavy atom. The summed E-state index contributed by atoms with van der Waals surface area (Å²) in [4.78, 5) is 28.6. The number of anilines is 1. The monoisotopic (exact) mass is 345 g/mol. The van der Waals surface area contributed by atoms with E-state index in [1.54, 1.807) is 24.3 Å². The van der Waals surface area contributed by atoms with Crippen molar-refractivity contribution in [1.29, 1.82) is 0 Å². The Bertz CT molecular complexity index is 782. The minimum atomic E-state index is -0.383. The Morgan fingerprint density at radius 2 is 1.79 bits per heavy atom. The fourth-order valence-electron chi connectivity index (χ4n) is 2.06. The fraction of sp³-hybridized carbons (Fsp3) is 0.278. The number of aryl methyl sites for hydroxylation is 1. The Balaban J connectivity index is 2.18. The van der Waals surface area contributed by atoms with Crippen LogP contribution in [0.15, 0.2) is 36.5 Å². The van der Waals surface area contributed by atoms with Gasteiger partial charge in [0.25, 0.3) is 11.8 Å². The Morgan fingerprint density at radius 3 is 2.42 bits per heavy atom. The number of amides is 2. The summed E-state index contributed by atoms with van der Waals surface area (Å²) in [7, 11) is 0. The van der Waals surface area contributed by atoms with E-state index in [4.69, 9.17) is 11.6 Å². The van der Waals surface area contributed by atoms with Crippen LogP contribution in [0.2, 0.25) is 5.02 Å². The van der Waals surface area contributed by atoms with Crippen LogP contribution >= 0.6 is 11.6 Å². The fourth-order valence-corrected chi connectivity index (χ4v) is 2.29. The average Bonchev–Trinajstić information content (AvgIpc) is 2.48. The third-order valence-electron chi connectivity index (χ3n) is 3.18. The molecule has 0 fully saturated rings. The average molecular weight is 346 g/mol. The maximum absolute atomic E-state index is 12.4. The van der Waals surface area contributed by atoms with Gasteiger partial charge in [-0.25, -0.2) is 0 Å². The molecular formula is C18H20ClN3O2. The standard InChI is InChI=1S/C18H20ClN3O2/c1-11-9-13(19)5-6-14(11)21-17(24)15-10-12(7-8-20-15)16(23)22-18(2,3)4/h5-10H,1-4H3,(H,21,24)(H,22,23). The number of nitrogens with zero attached hydrogens (tertiary/aromatic N) is 1. The normalized spacial score (nSPS) is 11.0. The van der Waals surface area contributed by atoms with E-state index < -0.39 is 0 Å². The third kappa shape index (κ3) is 4.80. The van der Waals surface area contributed by atoms with Crippen LogP contribution in [0.5, 0.6) is 0 Å². The molecule has 1 aromatic heterocycles. The van der Waals surface area contributed by atoms with Crippen LogP contribution in [-0.4, -0.2) is 22.3 Å².